The number of anilines is 1. The Morgan fingerprint density at radius 3 is 2.81 bits per heavy atom. The SMILES string of the molecule is Cc1sc2nc(CN3CCN(c4ncccc4C#N)CC3)[nH]c(=O)c2c1C. The number of rotatable bonds is 3. The summed E-state index contributed by atoms with van der Waals surface area (Å²) in [4.78, 5) is 30.8. The number of hydrogen-bond donors (Lipinski definition) is 1. The van der Waals surface area contributed by atoms with Gasteiger partial charge in [-0.1, -0.05) is 0 Å². The molecule has 0 saturated carbocycles. The molecule has 27 heavy (non-hydrogen) atoms. The lowest BCUT2D eigenvalue weighted by atomic mass is 10.2. The molecule has 0 unspecified atom stereocenters. The van der Waals surface area contributed by atoms with Crippen molar-refractivity contribution in [1.29, 1.82) is 5.26 Å². The second-order valence-electron chi connectivity index (χ2n) is 6.73. The van der Waals surface area contributed by atoms with Gasteiger partial charge < -0.3 is 9.88 Å². The Morgan fingerprint density at radius 1 is 1.30 bits per heavy atom. The van der Waals surface area contributed by atoms with Crippen LogP contribution in [0.2, 0.25) is 0 Å². The Labute approximate surface area is 160 Å². The fourth-order valence-electron chi connectivity index (χ4n) is 3.44. The fraction of sp³-hybridized carbons (Fsp3) is 0.368. The monoisotopic (exact) mass is 380 g/mol. The van der Waals surface area contributed by atoms with Crippen molar-refractivity contribution < 1.29 is 0 Å². The van der Waals surface area contributed by atoms with Crippen LogP contribution < -0.4 is 10.5 Å². The van der Waals surface area contributed by atoms with Gasteiger partial charge in [0.2, 0.25) is 0 Å². The predicted molar refractivity (Wildman–Crippen MR) is 106 cm³/mol. The highest BCUT2D eigenvalue weighted by atomic mass is 32.1. The first-order valence-electron chi connectivity index (χ1n) is 8.88. The van der Waals surface area contributed by atoms with Gasteiger partial charge in [-0.15, -0.1) is 11.3 Å². The molecule has 3 aromatic rings. The number of fused-ring (bicyclic) bond motifs is 1. The lowest BCUT2D eigenvalue weighted by Gasteiger charge is -2.35. The standard InChI is InChI=1S/C19H20N6OS/c1-12-13(2)27-19-16(12)18(26)22-15(23-19)11-24-6-8-25(9-7-24)17-14(10-20)4-3-5-21-17/h3-5H,6-9,11H2,1-2H3,(H,22,23,26). The topological polar surface area (TPSA) is 88.9 Å². The molecule has 0 spiro atoms. The summed E-state index contributed by atoms with van der Waals surface area (Å²) in [7, 11) is 0. The normalized spacial score (nSPS) is 15.2. The molecule has 1 saturated heterocycles. The molecule has 1 fully saturated rings. The van der Waals surface area contributed by atoms with Gasteiger partial charge in [0, 0.05) is 37.3 Å². The van der Waals surface area contributed by atoms with Crippen LogP contribution in [-0.4, -0.2) is 46.0 Å². The van der Waals surface area contributed by atoms with Gasteiger partial charge in [0.25, 0.3) is 5.56 Å². The zero-order valence-corrected chi connectivity index (χ0v) is 16.1. The molecule has 8 heteroatoms. The van der Waals surface area contributed by atoms with Gasteiger partial charge in [0.1, 0.15) is 22.5 Å². The predicted octanol–water partition coefficient (Wildman–Crippen LogP) is 2.19. The Hall–Kier alpha value is -2.76. The Morgan fingerprint density at radius 2 is 2.07 bits per heavy atom. The molecule has 3 aromatic heterocycles. The molecule has 4 heterocycles. The molecule has 0 amide bonds. The highest BCUT2D eigenvalue weighted by Gasteiger charge is 2.21. The maximum Gasteiger partial charge on any atom is 0.259 e. The third kappa shape index (κ3) is 3.31. The number of pyridine rings is 1. The molecular weight excluding hydrogens is 360 g/mol. The van der Waals surface area contributed by atoms with E-state index in [2.05, 4.69) is 30.8 Å². The van der Waals surface area contributed by atoms with Gasteiger partial charge in [-0.05, 0) is 31.5 Å². The minimum Gasteiger partial charge on any atom is -0.353 e. The van der Waals surface area contributed by atoms with Gasteiger partial charge in [-0.3, -0.25) is 9.69 Å². The van der Waals surface area contributed by atoms with Crippen LogP contribution in [0, 0.1) is 25.2 Å². The summed E-state index contributed by atoms with van der Waals surface area (Å²) in [6.45, 7) is 7.83. The average Bonchev–Trinajstić information content (AvgIpc) is 2.96. The zero-order chi connectivity index (χ0) is 19.0. The van der Waals surface area contributed by atoms with Crippen LogP contribution in [0.15, 0.2) is 23.1 Å². The number of nitrogens with zero attached hydrogens (tertiary/aromatic N) is 5. The molecule has 1 N–H and O–H groups in total. The maximum atomic E-state index is 12.4. The largest absolute Gasteiger partial charge is 0.353 e. The maximum absolute atomic E-state index is 12.4. The van der Waals surface area contributed by atoms with Crippen LogP contribution in [0.3, 0.4) is 0 Å². The fourth-order valence-corrected chi connectivity index (χ4v) is 4.49. The summed E-state index contributed by atoms with van der Waals surface area (Å²) < 4.78 is 0. The van der Waals surface area contributed by atoms with E-state index in [0.717, 1.165) is 47.3 Å². The van der Waals surface area contributed by atoms with Gasteiger partial charge in [-0.2, -0.15) is 5.26 Å². The number of H-pyrrole nitrogens is 1. The van der Waals surface area contributed by atoms with Crippen LogP contribution in [0.25, 0.3) is 10.2 Å². The smallest absolute Gasteiger partial charge is 0.259 e. The summed E-state index contributed by atoms with van der Waals surface area (Å²) >= 11 is 1.57. The van der Waals surface area contributed by atoms with E-state index in [4.69, 9.17) is 0 Å². The first-order chi connectivity index (χ1) is 13.1. The van der Waals surface area contributed by atoms with Crippen LogP contribution in [-0.2, 0) is 6.54 Å². The van der Waals surface area contributed by atoms with Crippen molar-refractivity contribution in [2.24, 2.45) is 0 Å². The quantitative estimate of drug-likeness (QED) is 0.749. The third-order valence-corrected chi connectivity index (χ3v) is 6.14. The Kier molecular flexibility index (Phi) is 4.64. The van der Waals surface area contributed by atoms with Gasteiger partial charge >= 0.3 is 0 Å². The number of thiophene rings is 1. The van der Waals surface area contributed by atoms with Crippen LogP contribution >= 0.6 is 11.3 Å². The minimum atomic E-state index is -0.0531. The van der Waals surface area contributed by atoms with Crippen molar-refractivity contribution in [1.82, 2.24) is 19.9 Å². The second-order valence-corrected chi connectivity index (χ2v) is 7.93. The van der Waals surface area contributed by atoms with Crippen molar-refractivity contribution in [3.63, 3.8) is 0 Å². The number of piperazine rings is 1. The van der Waals surface area contributed by atoms with Crippen LogP contribution in [0.5, 0.6) is 0 Å². The van der Waals surface area contributed by atoms with Crippen LogP contribution in [0.4, 0.5) is 5.82 Å². The molecule has 0 atom stereocenters. The summed E-state index contributed by atoms with van der Waals surface area (Å²) in [5.74, 6) is 1.45. The number of nitrogens with one attached hydrogen (secondary N) is 1. The van der Waals surface area contributed by atoms with Crippen molar-refractivity contribution in [3.8, 4) is 6.07 Å². The lowest BCUT2D eigenvalue weighted by Crippen LogP contribution is -2.46. The van der Waals surface area contributed by atoms with E-state index in [1.54, 1.807) is 29.7 Å². The average molecular weight is 380 g/mol. The van der Waals surface area contributed by atoms with E-state index in [1.807, 2.05) is 13.8 Å². The molecule has 4 rings (SSSR count). The first-order valence-corrected chi connectivity index (χ1v) is 9.70. The molecule has 1 aliphatic rings. The summed E-state index contributed by atoms with van der Waals surface area (Å²) in [5.41, 5.74) is 1.57. The molecule has 0 aromatic carbocycles. The van der Waals surface area contributed by atoms with E-state index < -0.39 is 0 Å². The molecular formula is C19H20N6OS. The zero-order valence-electron chi connectivity index (χ0n) is 15.3. The summed E-state index contributed by atoms with van der Waals surface area (Å²) in [6.07, 6.45) is 1.72. The van der Waals surface area contributed by atoms with Gasteiger partial charge in [0.15, 0.2) is 0 Å². The molecule has 0 aliphatic carbocycles. The highest BCUT2D eigenvalue weighted by Crippen LogP contribution is 2.26. The molecule has 138 valence electrons. The van der Waals surface area contributed by atoms with E-state index in [0.29, 0.717) is 23.3 Å². The second kappa shape index (κ2) is 7.10. The highest BCUT2D eigenvalue weighted by molar-refractivity contribution is 7.18. The Bertz CT molecular complexity index is 1090. The first kappa shape index (κ1) is 17.6. The summed E-state index contributed by atoms with van der Waals surface area (Å²) in [6, 6.07) is 5.78. The van der Waals surface area contributed by atoms with Crippen molar-refractivity contribution in [3.05, 3.63) is 50.5 Å². The lowest BCUT2D eigenvalue weighted by molar-refractivity contribution is 0.243. The van der Waals surface area contributed by atoms with E-state index in [-0.39, 0.29) is 5.56 Å². The number of aromatic amines is 1. The molecule has 1 aliphatic heterocycles. The number of aromatic nitrogens is 3. The van der Waals surface area contributed by atoms with Crippen molar-refractivity contribution >= 4 is 27.4 Å². The number of hydrogen-bond acceptors (Lipinski definition) is 7. The van der Waals surface area contributed by atoms with Gasteiger partial charge in [-0.25, -0.2) is 9.97 Å². The van der Waals surface area contributed by atoms with Crippen molar-refractivity contribution in [2.75, 3.05) is 31.1 Å². The number of aryl methyl sites for hydroxylation is 2. The molecule has 0 radical (unpaired) electrons. The van der Waals surface area contributed by atoms with E-state index in [1.165, 1.54) is 0 Å². The minimum absolute atomic E-state index is 0.0531. The van der Waals surface area contributed by atoms with E-state index >= 15 is 0 Å². The Balaban J connectivity index is 1.47. The number of nitriles is 1. The summed E-state index contributed by atoms with van der Waals surface area (Å²) in [5, 5.41) is 9.97. The molecule has 7 nitrogen and oxygen atoms in total. The van der Waals surface area contributed by atoms with Crippen LogP contribution in [0.1, 0.15) is 21.8 Å². The third-order valence-electron chi connectivity index (χ3n) is 5.04. The van der Waals surface area contributed by atoms with Crippen molar-refractivity contribution in [2.45, 2.75) is 20.4 Å². The van der Waals surface area contributed by atoms with E-state index in [9.17, 15) is 10.1 Å². The molecule has 0 bridgehead atoms. The van der Waals surface area contributed by atoms with Gasteiger partial charge in [0.05, 0.1) is 17.5 Å².